The molecule has 0 fully saturated rings. The number of hydrogen-bond acceptors (Lipinski definition) is 5. The number of aromatic hydroxyl groups is 1. The molecule has 2 rings (SSSR count). The van der Waals surface area contributed by atoms with Crippen molar-refractivity contribution in [2.75, 3.05) is 7.11 Å². The highest BCUT2D eigenvalue weighted by molar-refractivity contribution is 9.10. The fraction of sp³-hybridized carbons (Fsp3) is 0.0625. The van der Waals surface area contributed by atoms with E-state index in [1.165, 1.54) is 49.6 Å². The van der Waals surface area contributed by atoms with Crippen molar-refractivity contribution in [1.29, 1.82) is 5.26 Å². The molecular weight excluding hydrogens is 418 g/mol. The SMILES string of the molecule is COc1cc(/C=C(\C#N)S(=O)(=O)c2ccc(Cl)cc2)cc(Br)c1O. The number of allylic oxidation sites excluding steroid dienone is 1. The first-order chi connectivity index (χ1) is 11.3. The fourth-order valence-corrected chi connectivity index (χ4v) is 3.64. The van der Waals surface area contributed by atoms with Gasteiger partial charge in [-0.2, -0.15) is 5.26 Å². The van der Waals surface area contributed by atoms with Crippen LogP contribution in [0.5, 0.6) is 11.5 Å². The number of ether oxygens (including phenoxy) is 1. The van der Waals surface area contributed by atoms with E-state index in [9.17, 15) is 18.8 Å². The lowest BCUT2D eigenvalue weighted by molar-refractivity contribution is 0.372. The second-order valence-electron chi connectivity index (χ2n) is 4.63. The third-order valence-electron chi connectivity index (χ3n) is 3.09. The first-order valence-corrected chi connectivity index (χ1v) is 9.14. The Hall–Kier alpha value is -2.01. The number of phenols is 1. The summed E-state index contributed by atoms with van der Waals surface area (Å²) in [4.78, 5) is -0.478. The number of benzene rings is 2. The molecule has 0 spiro atoms. The van der Waals surface area contributed by atoms with Gasteiger partial charge in [0.05, 0.1) is 16.5 Å². The van der Waals surface area contributed by atoms with Crippen molar-refractivity contribution >= 4 is 43.4 Å². The molecular formula is C16H11BrClNO4S. The average molecular weight is 429 g/mol. The minimum absolute atomic E-state index is 0.0375. The molecule has 0 radical (unpaired) electrons. The van der Waals surface area contributed by atoms with Gasteiger partial charge in [0.15, 0.2) is 11.5 Å². The highest BCUT2D eigenvalue weighted by atomic mass is 79.9. The summed E-state index contributed by atoms with van der Waals surface area (Å²) >= 11 is 8.90. The van der Waals surface area contributed by atoms with Gasteiger partial charge in [-0.15, -0.1) is 0 Å². The number of phenolic OH excluding ortho intramolecular Hbond substituents is 1. The molecule has 1 N–H and O–H groups in total. The summed E-state index contributed by atoms with van der Waals surface area (Å²) in [5, 5.41) is 19.5. The van der Waals surface area contributed by atoms with Crippen LogP contribution in [0.25, 0.3) is 6.08 Å². The lowest BCUT2D eigenvalue weighted by Gasteiger charge is -2.07. The Morgan fingerprint density at radius 2 is 1.96 bits per heavy atom. The maximum Gasteiger partial charge on any atom is 0.216 e. The molecule has 2 aromatic rings. The summed E-state index contributed by atoms with van der Waals surface area (Å²) in [6.45, 7) is 0. The van der Waals surface area contributed by atoms with Crippen LogP contribution < -0.4 is 4.74 Å². The van der Waals surface area contributed by atoms with Gasteiger partial charge in [-0.1, -0.05) is 11.6 Å². The Kier molecular flexibility index (Phi) is 5.54. The van der Waals surface area contributed by atoms with E-state index in [1.54, 1.807) is 6.07 Å². The summed E-state index contributed by atoms with van der Waals surface area (Å²) < 4.78 is 30.4. The number of hydrogen-bond donors (Lipinski definition) is 1. The molecule has 0 amide bonds. The van der Waals surface area contributed by atoms with Gasteiger partial charge in [-0.05, 0) is 64.0 Å². The molecule has 0 heterocycles. The van der Waals surface area contributed by atoms with Gasteiger partial charge in [-0.3, -0.25) is 0 Å². The second kappa shape index (κ2) is 7.26. The van der Waals surface area contributed by atoms with Crippen LogP contribution >= 0.6 is 27.5 Å². The van der Waals surface area contributed by atoms with Crippen molar-refractivity contribution in [3.05, 3.63) is 56.4 Å². The zero-order valence-electron chi connectivity index (χ0n) is 12.3. The van der Waals surface area contributed by atoms with Crippen LogP contribution in [0.4, 0.5) is 0 Å². The summed E-state index contributed by atoms with van der Waals surface area (Å²) in [7, 11) is -2.62. The lowest BCUT2D eigenvalue weighted by atomic mass is 10.2. The second-order valence-corrected chi connectivity index (χ2v) is 7.84. The van der Waals surface area contributed by atoms with E-state index in [1.807, 2.05) is 0 Å². The predicted molar refractivity (Wildman–Crippen MR) is 94.6 cm³/mol. The molecule has 2 aromatic carbocycles. The molecule has 0 saturated carbocycles. The normalized spacial score (nSPS) is 11.8. The van der Waals surface area contributed by atoms with Crippen LogP contribution in [-0.4, -0.2) is 20.6 Å². The van der Waals surface area contributed by atoms with Crippen LogP contribution in [0.3, 0.4) is 0 Å². The van der Waals surface area contributed by atoms with Gasteiger partial charge in [0.25, 0.3) is 0 Å². The molecule has 0 aromatic heterocycles. The molecule has 124 valence electrons. The number of nitrogens with zero attached hydrogens (tertiary/aromatic N) is 1. The van der Waals surface area contributed by atoms with Crippen molar-refractivity contribution in [2.45, 2.75) is 4.90 Å². The van der Waals surface area contributed by atoms with Crippen molar-refractivity contribution in [3.8, 4) is 17.6 Å². The summed E-state index contributed by atoms with van der Waals surface area (Å²) in [5.74, 6) is 0.0329. The van der Waals surface area contributed by atoms with Gasteiger partial charge in [0.1, 0.15) is 11.0 Å². The maximum absolute atomic E-state index is 12.6. The monoisotopic (exact) mass is 427 g/mol. The van der Waals surface area contributed by atoms with Crippen molar-refractivity contribution < 1.29 is 18.3 Å². The van der Waals surface area contributed by atoms with E-state index < -0.39 is 14.7 Å². The molecule has 0 saturated heterocycles. The van der Waals surface area contributed by atoms with Crippen LogP contribution in [0.1, 0.15) is 5.56 Å². The van der Waals surface area contributed by atoms with Crippen molar-refractivity contribution in [1.82, 2.24) is 0 Å². The molecule has 0 atom stereocenters. The Bertz CT molecular complexity index is 947. The van der Waals surface area contributed by atoms with Crippen molar-refractivity contribution in [3.63, 3.8) is 0 Å². The van der Waals surface area contributed by atoms with Crippen LogP contribution in [-0.2, 0) is 9.84 Å². The third-order valence-corrected chi connectivity index (χ3v) is 5.63. The fourth-order valence-electron chi connectivity index (χ4n) is 1.89. The van der Waals surface area contributed by atoms with E-state index in [2.05, 4.69) is 15.9 Å². The van der Waals surface area contributed by atoms with Crippen molar-refractivity contribution in [2.24, 2.45) is 0 Å². The lowest BCUT2D eigenvalue weighted by Crippen LogP contribution is -2.03. The Balaban J connectivity index is 2.56. The highest BCUT2D eigenvalue weighted by Gasteiger charge is 2.21. The summed E-state index contributed by atoms with van der Waals surface area (Å²) in [6.07, 6.45) is 1.21. The zero-order valence-corrected chi connectivity index (χ0v) is 15.5. The van der Waals surface area contributed by atoms with E-state index in [0.717, 1.165) is 0 Å². The first-order valence-electron chi connectivity index (χ1n) is 6.48. The summed E-state index contributed by atoms with van der Waals surface area (Å²) in [5.41, 5.74) is 0.380. The predicted octanol–water partition coefficient (Wildman–Crippen LogP) is 4.16. The largest absolute Gasteiger partial charge is 0.503 e. The number of sulfone groups is 1. The Morgan fingerprint density at radius 3 is 2.50 bits per heavy atom. The van der Waals surface area contributed by atoms with Gasteiger partial charge < -0.3 is 9.84 Å². The zero-order chi connectivity index (χ0) is 17.9. The standard InChI is InChI=1S/C16H11BrClNO4S/c1-23-15-8-10(7-14(17)16(15)20)6-13(9-19)24(21,22)12-4-2-11(18)3-5-12/h2-8,20H,1H3/b13-6+. The number of halogens is 2. The van der Waals surface area contributed by atoms with Gasteiger partial charge in [0, 0.05) is 5.02 Å². The molecule has 8 heteroatoms. The highest BCUT2D eigenvalue weighted by Crippen LogP contribution is 2.36. The van der Waals surface area contributed by atoms with E-state index in [0.29, 0.717) is 15.1 Å². The number of methoxy groups -OCH3 is 1. The van der Waals surface area contributed by atoms with E-state index in [4.69, 9.17) is 16.3 Å². The summed E-state index contributed by atoms with van der Waals surface area (Å²) in [6, 6.07) is 10.1. The van der Waals surface area contributed by atoms with Crippen LogP contribution in [0.15, 0.2) is 50.7 Å². The molecule has 0 aliphatic carbocycles. The van der Waals surface area contributed by atoms with Crippen LogP contribution in [0, 0.1) is 11.3 Å². The Morgan fingerprint density at radius 1 is 1.33 bits per heavy atom. The minimum Gasteiger partial charge on any atom is -0.503 e. The minimum atomic E-state index is -3.99. The molecule has 0 unspecified atom stereocenters. The van der Waals surface area contributed by atoms with Crippen LogP contribution in [0.2, 0.25) is 5.02 Å². The number of nitriles is 1. The van der Waals surface area contributed by atoms with Gasteiger partial charge in [0.2, 0.25) is 9.84 Å². The Labute approximate surface area is 152 Å². The van der Waals surface area contributed by atoms with Gasteiger partial charge in [-0.25, -0.2) is 8.42 Å². The first kappa shape index (κ1) is 18.3. The molecule has 24 heavy (non-hydrogen) atoms. The van der Waals surface area contributed by atoms with Gasteiger partial charge >= 0.3 is 0 Å². The number of rotatable bonds is 4. The smallest absolute Gasteiger partial charge is 0.216 e. The van der Waals surface area contributed by atoms with E-state index in [-0.39, 0.29) is 16.4 Å². The molecule has 0 aliphatic rings. The third kappa shape index (κ3) is 3.73. The molecule has 0 aliphatic heterocycles. The topological polar surface area (TPSA) is 87.4 Å². The molecule has 5 nitrogen and oxygen atoms in total. The molecule has 0 bridgehead atoms. The van der Waals surface area contributed by atoms with E-state index >= 15 is 0 Å². The average Bonchev–Trinajstić information content (AvgIpc) is 2.55. The maximum atomic E-state index is 12.6. The quantitative estimate of drug-likeness (QED) is 0.739.